The summed E-state index contributed by atoms with van der Waals surface area (Å²) in [5.41, 5.74) is 3.35. The van der Waals surface area contributed by atoms with E-state index in [9.17, 15) is 9.59 Å². The van der Waals surface area contributed by atoms with E-state index in [1.54, 1.807) is 17.1 Å². The van der Waals surface area contributed by atoms with Crippen LogP contribution >= 0.6 is 0 Å². The molecule has 8 nitrogen and oxygen atoms in total. The minimum atomic E-state index is -0.306. The van der Waals surface area contributed by atoms with Crippen LogP contribution in [0.25, 0.3) is 11.3 Å². The number of aromatic nitrogens is 3. The molecule has 2 aromatic heterocycles. The summed E-state index contributed by atoms with van der Waals surface area (Å²) in [6.07, 6.45) is 3.81. The largest absolute Gasteiger partial charge is 0.484 e. The first-order valence-corrected chi connectivity index (χ1v) is 10.5. The predicted molar refractivity (Wildman–Crippen MR) is 121 cm³/mol. The summed E-state index contributed by atoms with van der Waals surface area (Å²) in [5.74, 6) is 0.913. The number of hydrogen-bond donors (Lipinski definition) is 2. The number of amides is 2. The molecule has 1 aliphatic heterocycles. The van der Waals surface area contributed by atoms with Gasteiger partial charge < -0.3 is 15.4 Å². The summed E-state index contributed by atoms with van der Waals surface area (Å²) in [6, 6.07) is 11.4. The van der Waals surface area contributed by atoms with Crippen LogP contribution in [0.3, 0.4) is 0 Å². The number of benzene rings is 1. The Bertz CT molecular complexity index is 1130. The van der Waals surface area contributed by atoms with E-state index < -0.39 is 0 Å². The zero-order chi connectivity index (χ0) is 22.9. The van der Waals surface area contributed by atoms with Crippen molar-refractivity contribution in [2.45, 2.75) is 38.6 Å². The smallest absolute Gasteiger partial charge is 0.258 e. The lowest BCUT2D eigenvalue weighted by Gasteiger charge is -2.24. The van der Waals surface area contributed by atoms with Crippen LogP contribution in [0, 0.1) is 0 Å². The first-order chi connectivity index (χ1) is 15.2. The Kier molecular flexibility index (Phi) is 5.69. The number of ether oxygens (including phenoxy) is 1. The fourth-order valence-corrected chi connectivity index (χ4v) is 3.89. The molecule has 1 aliphatic rings. The van der Waals surface area contributed by atoms with Crippen molar-refractivity contribution in [3.63, 3.8) is 0 Å². The molecule has 8 heteroatoms. The summed E-state index contributed by atoms with van der Waals surface area (Å²) in [5, 5.41) is 10.5. The van der Waals surface area contributed by atoms with Crippen molar-refractivity contribution in [2.24, 2.45) is 7.05 Å². The number of nitrogens with zero attached hydrogens (tertiary/aromatic N) is 3. The van der Waals surface area contributed by atoms with E-state index in [4.69, 9.17) is 4.74 Å². The standard InChI is InChI=1S/C24H27N5O3/c1-24(2,3)27-20(31)14-32-17-9-7-15(8-10-17)18-12-19(30)26-23-21(18)22(28-29(23)4)16-6-5-11-25-13-16/h5-11,13,18H,12,14H2,1-4H3,(H,26,30)(H,27,31). The molecule has 32 heavy (non-hydrogen) atoms. The van der Waals surface area contributed by atoms with E-state index >= 15 is 0 Å². The third-order valence-electron chi connectivity index (χ3n) is 5.18. The van der Waals surface area contributed by atoms with E-state index in [1.165, 1.54) is 0 Å². The normalized spacial score (nSPS) is 15.6. The molecule has 1 atom stereocenters. The molecule has 0 radical (unpaired) electrons. The highest BCUT2D eigenvalue weighted by molar-refractivity contribution is 5.96. The second-order valence-electron chi connectivity index (χ2n) is 8.94. The first-order valence-electron chi connectivity index (χ1n) is 10.5. The van der Waals surface area contributed by atoms with E-state index in [1.807, 2.05) is 64.2 Å². The SMILES string of the molecule is Cn1nc(-c2cccnc2)c2c1NC(=O)CC2c1ccc(OCC(=O)NC(C)(C)C)cc1. The highest BCUT2D eigenvalue weighted by Gasteiger charge is 2.33. The summed E-state index contributed by atoms with van der Waals surface area (Å²) in [6.45, 7) is 5.71. The Balaban J connectivity index is 1.59. The zero-order valence-corrected chi connectivity index (χ0v) is 18.7. The van der Waals surface area contributed by atoms with Crippen LogP contribution in [-0.4, -0.2) is 38.7 Å². The van der Waals surface area contributed by atoms with Crippen LogP contribution in [0.15, 0.2) is 48.8 Å². The van der Waals surface area contributed by atoms with Crippen molar-refractivity contribution in [1.82, 2.24) is 20.1 Å². The van der Waals surface area contributed by atoms with E-state index in [-0.39, 0.29) is 29.9 Å². The number of carbonyl (C=O) groups excluding carboxylic acids is 2. The number of rotatable bonds is 5. The maximum absolute atomic E-state index is 12.4. The molecule has 0 saturated carbocycles. The lowest BCUT2D eigenvalue weighted by Crippen LogP contribution is -2.43. The van der Waals surface area contributed by atoms with Gasteiger partial charge in [0, 0.05) is 48.4 Å². The minimum Gasteiger partial charge on any atom is -0.484 e. The number of anilines is 1. The van der Waals surface area contributed by atoms with Crippen LogP contribution in [0.2, 0.25) is 0 Å². The summed E-state index contributed by atoms with van der Waals surface area (Å²) in [7, 11) is 1.82. The second-order valence-corrected chi connectivity index (χ2v) is 8.94. The number of nitrogens with one attached hydrogen (secondary N) is 2. The first kappa shape index (κ1) is 21.5. The van der Waals surface area contributed by atoms with Crippen LogP contribution in [-0.2, 0) is 16.6 Å². The Morgan fingerprint density at radius 2 is 2.00 bits per heavy atom. The van der Waals surface area contributed by atoms with Gasteiger partial charge in [-0.15, -0.1) is 0 Å². The molecular weight excluding hydrogens is 406 g/mol. The lowest BCUT2D eigenvalue weighted by molar-refractivity contribution is -0.124. The van der Waals surface area contributed by atoms with Gasteiger partial charge in [-0.25, -0.2) is 0 Å². The third kappa shape index (κ3) is 4.64. The topological polar surface area (TPSA) is 98.1 Å². The van der Waals surface area contributed by atoms with Crippen molar-refractivity contribution in [3.8, 4) is 17.0 Å². The van der Waals surface area contributed by atoms with Crippen molar-refractivity contribution >= 4 is 17.6 Å². The highest BCUT2D eigenvalue weighted by Crippen LogP contribution is 2.42. The number of pyridine rings is 1. The quantitative estimate of drug-likeness (QED) is 0.644. The lowest BCUT2D eigenvalue weighted by atomic mass is 9.84. The molecule has 0 saturated heterocycles. The summed E-state index contributed by atoms with van der Waals surface area (Å²) < 4.78 is 7.33. The molecule has 1 aromatic carbocycles. The van der Waals surface area contributed by atoms with E-state index in [0.29, 0.717) is 18.0 Å². The van der Waals surface area contributed by atoms with Gasteiger partial charge in [0.2, 0.25) is 5.91 Å². The van der Waals surface area contributed by atoms with Crippen molar-refractivity contribution in [1.29, 1.82) is 0 Å². The highest BCUT2D eigenvalue weighted by atomic mass is 16.5. The molecule has 4 rings (SSSR count). The monoisotopic (exact) mass is 433 g/mol. The Labute approximate surface area is 187 Å². The number of fused-ring (bicyclic) bond motifs is 1. The molecule has 0 spiro atoms. The molecule has 0 aliphatic carbocycles. The van der Waals surface area contributed by atoms with Gasteiger partial charge in [0.25, 0.3) is 5.91 Å². The Hall–Kier alpha value is -3.68. The average Bonchev–Trinajstić information content (AvgIpc) is 3.08. The number of carbonyl (C=O) groups is 2. The van der Waals surface area contributed by atoms with Gasteiger partial charge in [-0.05, 0) is 50.6 Å². The number of hydrogen-bond acceptors (Lipinski definition) is 5. The van der Waals surface area contributed by atoms with Gasteiger partial charge in [-0.2, -0.15) is 5.10 Å². The maximum atomic E-state index is 12.4. The second kappa shape index (κ2) is 8.45. The third-order valence-corrected chi connectivity index (χ3v) is 5.18. The molecule has 2 amide bonds. The van der Waals surface area contributed by atoms with Crippen molar-refractivity contribution in [3.05, 3.63) is 59.9 Å². The molecule has 3 heterocycles. The van der Waals surface area contributed by atoms with Gasteiger partial charge in [0.15, 0.2) is 6.61 Å². The van der Waals surface area contributed by atoms with Crippen LogP contribution < -0.4 is 15.4 Å². The van der Waals surface area contributed by atoms with Crippen LogP contribution in [0.5, 0.6) is 5.75 Å². The molecule has 1 unspecified atom stereocenters. The van der Waals surface area contributed by atoms with E-state index in [2.05, 4.69) is 20.7 Å². The molecule has 3 aromatic rings. The molecule has 0 fully saturated rings. The van der Waals surface area contributed by atoms with Crippen molar-refractivity contribution in [2.75, 3.05) is 11.9 Å². The fourth-order valence-electron chi connectivity index (χ4n) is 3.89. The maximum Gasteiger partial charge on any atom is 0.258 e. The van der Waals surface area contributed by atoms with Gasteiger partial charge in [0.1, 0.15) is 11.6 Å². The van der Waals surface area contributed by atoms with Crippen molar-refractivity contribution < 1.29 is 14.3 Å². The average molecular weight is 434 g/mol. The summed E-state index contributed by atoms with van der Waals surface area (Å²) in [4.78, 5) is 28.6. The fraction of sp³-hybridized carbons (Fsp3) is 0.333. The molecule has 2 N–H and O–H groups in total. The molecule has 0 bridgehead atoms. The minimum absolute atomic E-state index is 0.0533. The van der Waals surface area contributed by atoms with Gasteiger partial charge in [0.05, 0.1) is 5.69 Å². The Morgan fingerprint density at radius 1 is 1.25 bits per heavy atom. The van der Waals surface area contributed by atoms with Gasteiger partial charge in [-0.3, -0.25) is 19.3 Å². The predicted octanol–water partition coefficient (Wildman–Crippen LogP) is 3.25. The Morgan fingerprint density at radius 3 is 2.66 bits per heavy atom. The van der Waals surface area contributed by atoms with Gasteiger partial charge in [-0.1, -0.05) is 12.1 Å². The zero-order valence-electron chi connectivity index (χ0n) is 18.7. The number of aryl methyl sites for hydroxylation is 1. The molecular formula is C24H27N5O3. The van der Waals surface area contributed by atoms with Crippen LogP contribution in [0.1, 0.15) is 44.2 Å². The van der Waals surface area contributed by atoms with Gasteiger partial charge >= 0.3 is 0 Å². The van der Waals surface area contributed by atoms with E-state index in [0.717, 1.165) is 22.4 Å². The molecule has 166 valence electrons. The summed E-state index contributed by atoms with van der Waals surface area (Å²) >= 11 is 0. The van der Waals surface area contributed by atoms with Crippen LogP contribution in [0.4, 0.5) is 5.82 Å².